The van der Waals surface area contributed by atoms with Gasteiger partial charge in [-0.05, 0) is 13.3 Å². The molecular formula is C12H21N5S. The molecule has 1 aromatic rings. The summed E-state index contributed by atoms with van der Waals surface area (Å²) >= 11 is 2.03. The van der Waals surface area contributed by atoms with E-state index in [9.17, 15) is 0 Å². The number of anilines is 1. The highest BCUT2D eigenvalue weighted by molar-refractivity contribution is 8.00. The van der Waals surface area contributed by atoms with E-state index in [2.05, 4.69) is 16.9 Å². The van der Waals surface area contributed by atoms with Crippen LogP contribution in [0.3, 0.4) is 0 Å². The zero-order valence-electron chi connectivity index (χ0n) is 11.2. The number of hydrogen-bond donors (Lipinski definition) is 2. The van der Waals surface area contributed by atoms with E-state index in [1.54, 1.807) is 0 Å². The number of amidine groups is 1. The first-order chi connectivity index (χ1) is 8.54. The molecule has 0 radical (unpaired) electrons. The average molecular weight is 267 g/mol. The van der Waals surface area contributed by atoms with Crippen LogP contribution in [0, 0.1) is 12.3 Å². The number of nitrogens with two attached hydrogens (primary N) is 1. The van der Waals surface area contributed by atoms with Crippen LogP contribution in [0.25, 0.3) is 0 Å². The lowest BCUT2D eigenvalue weighted by Crippen LogP contribution is -2.39. The Morgan fingerprint density at radius 2 is 2.33 bits per heavy atom. The highest BCUT2D eigenvalue weighted by Crippen LogP contribution is 2.29. The van der Waals surface area contributed by atoms with Gasteiger partial charge in [0.15, 0.2) is 0 Å². The number of hydrogen-bond acceptors (Lipinski definition) is 4. The van der Waals surface area contributed by atoms with Crippen molar-refractivity contribution in [1.82, 2.24) is 9.78 Å². The topological polar surface area (TPSA) is 70.9 Å². The van der Waals surface area contributed by atoms with Gasteiger partial charge in [-0.3, -0.25) is 10.1 Å². The summed E-state index contributed by atoms with van der Waals surface area (Å²) < 4.78 is 1.86. The monoisotopic (exact) mass is 267 g/mol. The molecule has 2 heterocycles. The van der Waals surface area contributed by atoms with Gasteiger partial charge in [0.05, 0.1) is 11.3 Å². The van der Waals surface area contributed by atoms with Crippen LogP contribution in [0.1, 0.15) is 24.6 Å². The van der Waals surface area contributed by atoms with E-state index in [1.807, 2.05) is 30.4 Å². The predicted molar refractivity (Wildman–Crippen MR) is 77.7 cm³/mol. The molecule has 0 aliphatic carbocycles. The van der Waals surface area contributed by atoms with Crippen molar-refractivity contribution in [3.05, 3.63) is 11.3 Å². The zero-order valence-corrected chi connectivity index (χ0v) is 12.0. The van der Waals surface area contributed by atoms with Crippen LogP contribution in [-0.2, 0) is 7.05 Å². The van der Waals surface area contributed by atoms with Crippen LogP contribution in [0.4, 0.5) is 5.82 Å². The van der Waals surface area contributed by atoms with Gasteiger partial charge in [0.1, 0.15) is 11.7 Å². The molecule has 1 aliphatic rings. The van der Waals surface area contributed by atoms with Gasteiger partial charge in [0.2, 0.25) is 0 Å². The van der Waals surface area contributed by atoms with E-state index in [4.69, 9.17) is 11.1 Å². The Hall–Kier alpha value is -1.17. The first kappa shape index (κ1) is 13.3. The molecular weight excluding hydrogens is 246 g/mol. The van der Waals surface area contributed by atoms with Crippen molar-refractivity contribution < 1.29 is 0 Å². The lowest BCUT2D eigenvalue weighted by Gasteiger charge is -2.34. The van der Waals surface area contributed by atoms with Gasteiger partial charge in [-0.2, -0.15) is 16.9 Å². The Kier molecular flexibility index (Phi) is 3.85. The maximum atomic E-state index is 7.74. The van der Waals surface area contributed by atoms with E-state index in [-0.39, 0.29) is 5.84 Å². The first-order valence-corrected chi connectivity index (χ1v) is 7.34. The highest BCUT2D eigenvalue weighted by atomic mass is 32.2. The largest absolute Gasteiger partial charge is 0.384 e. The minimum absolute atomic E-state index is 0.113. The summed E-state index contributed by atoms with van der Waals surface area (Å²) in [5.74, 6) is 2.24. The highest BCUT2D eigenvalue weighted by Gasteiger charge is 2.26. The van der Waals surface area contributed by atoms with Crippen LogP contribution in [-0.4, -0.2) is 39.7 Å². The van der Waals surface area contributed by atoms with Gasteiger partial charge >= 0.3 is 0 Å². The minimum Gasteiger partial charge on any atom is -0.384 e. The number of aromatic nitrogens is 2. The standard InChI is InChI=1S/C12H21N5S/c1-4-9-7-17(5-6-18-9)12-10(11(13)14)8(2)15-16(12)3/h9H,4-7H2,1-3H3,(H3,13,14). The Labute approximate surface area is 112 Å². The summed E-state index contributed by atoms with van der Waals surface area (Å²) in [6.45, 7) is 6.15. The lowest BCUT2D eigenvalue weighted by molar-refractivity contribution is 0.674. The summed E-state index contributed by atoms with van der Waals surface area (Å²) in [6, 6.07) is 0. The summed E-state index contributed by atoms with van der Waals surface area (Å²) in [6.07, 6.45) is 1.17. The third kappa shape index (κ3) is 2.34. The van der Waals surface area contributed by atoms with E-state index in [1.165, 1.54) is 6.42 Å². The van der Waals surface area contributed by atoms with Crippen molar-refractivity contribution in [2.75, 3.05) is 23.7 Å². The third-order valence-corrected chi connectivity index (χ3v) is 4.73. The molecule has 100 valence electrons. The van der Waals surface area contributed by atoms with Crippen LogP contribution in [0.5, 0.6) is 0 Å². The fourth-order valence-corrected chi connectivity index (χ4v) is 3.66. The molecule has 1 aromatic heterocycles. The van der Waals surface area contributed by atoms with E-state index >= 15 is 0 Å². The van der Waals surface area contributed by atoms with Crippen molar-refractivity contribution in [2.24, 2.45) is 12.8 Å². The minimum atomic E-state index is 0.113. The van der Waals surface area contributed by atoms with Crippen LogP contribution in [0.15, 0.2) is 0 Å². The van der Waals surface area contributed by atoms with Gasteiger partial charge in [-0.1, -0.05) is 6.92 Å². The van der Waals surface area contributed by atoms with Crippen molar-refractivity contribution in [3.8, 4) is 0 Å². The maximum absolute atomic E-state index is 7.74. The number of nitrogens with one attached hydrogen (secondary N) is 1. The predicted octanol–water partition coefficient (Wildman–Crippen LogP) is 1.34. The second-order valence-corrected chi connectivity index (χ2v) is 6.08. The lowest BCUT2D eigenvalue weighted by atomic mass is 10.2. The molecule has 1 atom stereocenters. The van der Waals surface area contributed by atoms with Gasteiger partial charge < -0.3 is 10.6 Å². The molecule has 0 saturated carbocycles. The zero-order chi connectivity index (χ0) is 13.3. The summed E-state index contributed by atoms with van der Waals surface area (Å²) in [4.78, 5) is 2.32. The Morgan fingerprint density at radius 1 is 1.61 bits per heavy atom. The van der Waals surface area contributed by atoms with Crippen molar-refractivity contribution >= 4 is 23.4 Å². The van der Waals surface area contributed by atoms with Crippen LogP contribution in [0.2, 0.25) is 0 Å². The van der Waals surface area contributed by atoms with Crippen molar-refractivity contribution in [2.45, 2.75) is 25.5 Å². The molecule has 0 bridgehead atoms. The number of rotatable bonds is 3. The fraction of sp³-hybridized carbons (Fsp3) is 0.667. The normalized spacial score (nSPS) is 20.2. The van der Waals surface area contributed by atoms with Crippen LogP contribution >= 0.6 is 11.8 Å². The molecule has 1 fully saturated rings. The van der Waals surface area contributed by atoms with Gasteiger partial charge in [-0.15, -0.1) is 0 Å². The molecule has 3 N–H and O–H groups in total. The Bertz CT molecular complexity index is 454. The third-order valence-electron chi connectivity index (χ3n) is 3.35. The number of thioether (sulfide) groups is 1. The molecule has 0 amide bonds. The summed E-state index contributed by atoms with van der Waals surface area (Å²) in [5.41, 5.74) is 7.33. The fourth-order valence-electron chi connectivity index (χ4n) is 2.48. The molecule has 2 rings (SSSR count). The molecule has 18 heavy (non-hydrogen) atoms. The Balaban J connectivity index is 2.35. The van der Waals surface area contributed by atoms with Crippen molar-refractivity contribution in [1.29, 1.82) is 5.41 Å². The average Bonchev–Trinajstić information content (AvgIpc) is 2.64. The second-order valence-electron chi connectivity index (χ2n) is 4.67. The summed E-state index contributed by atoms with van der Waals surface area (Å²) in [5, 5.41) is 12.8. The van der Waals surface area contributed by atoms with Gasteiger partial charge in [0, 0.05) is 31.1 Å². The molecule has 0 spiro atoms. The summed E-state index contributed by atoms with van der Waals surface area (Å²) in [7, 11) is 1.93. The number of aryl methyl sites for hydroxylation is 2. The van der Waals surface area contributed by atoms with E-state index in [0.717, 1.165) is 35.9 Å². The SMILES string of the molecule is CCC1CN(c2c(C(=N)N)c(C)nn2C)CCS1. The smallest absolute Gasteiger partial charge is 0.137 e. The van der Waals surface area contributed by atoms with Gasteiger partial charge in [0.25, 0.3) is 0 Å². The number of nitrogens with zero attached hydrogens (tertiary/aromatic N) is 3. The molecule has 6 heteroatoms. The molecule has 1 aliphatic heterocycles. The first-order valence-electron chi connectivity index (χ1n) is 6.29. The second kappa shape index (κ2) is 5.22. The van der Waals surface area contributed by atoms with Crippen LogP contribution < -0.4 is 10.6 Å². The van der Waals surface area contributed by atoms with Gasteiger partial charge in [-0.25, -0.2) is 0 Å². The van der Waals surface area contributed by atoms with Crippen molar-refractivity contribution in [3.63, 3.8) is 0 Å². The number of nitrogen functional groups attached to an aromatic ring is 1. The maximum Gasteiger partial charge on any atom is 0.137 e. The molecule has 1 saturated heterocycles. The van der Waals surface area contributed by atoms with E-state index in [0.29, 0.717) is 5.25 Å². The quantitative estimate of drug-likeness (QED) is 0.640. The Morgan fingerprint density at radius 3 is 2.94 bits per heavy atom. The molecule has 5 nitrogen and oxygen atoms in total. The molecule has 0 aromatic carbocycles. The molecule has 1 unspecified atom stereocenters. The van der Waals surface area contributed by atoms with E-state index < -0.39 is 0 Å².